The predicted molar refractivity (Wildman–Crippen MR) is 142 cm³/mol. The lowest BCUT2D eigenvalue weighted by molar-refractivity contribution is -0.146. The summed E-state index contributed by atoms with van der Waals surface area (Å²) in [5.41, 5.74) is 0.989. The van der Waals surface area contributed by atoms with Crippen molar-refractivity contribution in [2.75, 3.05) is 26.2 Å². The Balaban J connectivity index is 1.23. The number of hydrogen-bond donors (Lipinski definition) is 1. The van der Waals surface area contributed by atoms with Gasteiger partial charge in [-0.15, -0.1) is 6.58 Å². The number of ether oxygens (including phenoxy) is 1. The number of likely N-dealkylation sites (tertiary alicyclic amines) is 1. The van der Waals surface area contributed by atoms with Gasteiger partial charge in [0.25, 0.3) is 0 Å². The number of carboxylic acid groups (broad SMARTS) is 1. The molecule has 4 rings (SSSR count). The lowest BCUT2D eigenvalue weighted by atomic mass is 9.73. The highest BCUT2D eigenvalue weighted by molar-refractivity contribution is 5.71. The van der Waals surface area contributed by atoms with Gasteiger partial charge in [0, 0.05) is 32.2 Å². The quantitative estimate of drug-likeness (QED) is 0.404. The topological polar surface area (TPSA) is 70.1 Å². The first-order valence-corrected chi connectivity index (χ1v) is 14.1. The monoisotopic (exact) mass is 496 g/mol. The third-order valence-electron chi connectivity index (χ3n) is 8.81. The van der Waals surface area contributed by atoms with Gasteiger partial charge in [0.05, 0.1) is 5.92 Å². The molecule has 0 bridgehead atoms. The Morgan fingerprint density at radius 2 is 1.75 bits per heavy atom. The molecule has 36 heavy (non-hydrogen) atoms. The van der Waals surface area contributed by atoms with Crippen LogP contribution >= 0.6 is 0 Å². The molecule has 6 heteroatoms. The van der Waals surface area contributed by atoms with Crippen molar-refractivity contribution in [1.82, 2.24) is 9.80 Å². The summed E-state index contributed by atoms with van der Waals surface area (Å²) < 4.78 is 5.61. The number of benzene rings is 1. The molecule has 3 fully saturated rings. The number of piperidine rings is 1. The molecule has 3 unspecified atom stereocenters. The van der Waals surface area contributed by atoms with E-state index in [1.807, 2.05) is 35.2 Å². The lowest BCUT2D eigenvalue weighted by Gasteiger charge is -2.38. The van der Waals surface area contributed by atoms with Gasteiger partial charge in [0.2, 0.25) is 0 Å². The number of nitrogens with zero attached hydrogens (tertiary/aromatic N) is 2. The van der Waals surface area contributed by atoms with E-state index < -0.39 is 5.97 Å². The largest absolute Gasteiger partial charge is 0.481 e. The molecule has 198 valence electrons. The molecule has 3 aliphatic rings. The average Bonchev–Trinajstić information content (AvgIpc) is 3.35. The van der Waals surface area contributed by atoms with Crippen LogP contribution in [0.2, 0.25) is 0 Å². The summed E-state index contributed by atoms with van der Waals surface area (Å²) in [6.45, 7) is 7.62. The van der Waals surface area contributed by atoms with Gasteiger partial charge in [-0.25, -0.2) is 4.79 Å². The van der Waals surface area contributed by atoms with Crippen LogP contribution in [0, 0.1) is 23.7 Å². The Hall–Kier alpha value is -2.34. The molecule has 3 atom stereocenters. The highest BCUT2D eigenvalue weighted by atomic mass is 16.6. The molecule has 0 aromatic heterocycles. The fourth-order valence-electron chi connectivity index (χ4n) is 6.98. The molecule has 1 aliphatic heterocycles. The molecule has 1 N–H and O–H groups in total. The van der Waals surface area contributed by atoms with E-state index in [4.69, 9.17) is 4.74 Å². The number of hydrogen-bond acceptors (Lipinski definition) is 4. The van der Waals surface area contributed by atoms with Crippen LogP contribution in [0.1, 0.15) is 69.8 Å². The zero-order chi connectivity index (χ0) is 25.3. The second-order valence-corrected chi connectivity index (χ2v) is 11.2. The van der Waals surface area contributed by atoms with E-state index in [2.05, 4.69) is 11.5 Å². The van der Waals surface area contributed by atoms with Gasteiger partial charge in [-0.2, -0.15) is 0 Å². The standard InChI is InChI=1S/C30H44N2O4/c1-2-17-32(30(35)36-22-23-9-5-3-6-10-23)27-15-18-31(19-16-27)21-24-13-14-26(20-24)28(29(33)34)25-11-7-4-8-12-25/h2-3,5-6,9-10,24-28H,1,4,7-8,11-22H2,(H,33,34). The average molecular weight is 497 g/mol. The van der Waals surface area contributed by atoms with Crippen LogP contribution in [0.15, 0.2) is 43.0 Å². The number of carbonyl (C=O) groups excluding carboxylic acids is 1. The van der Waals surface area contributed by atoms with Crippen LogP contribution in [-0.4, -0.2) is 59.2 Å². The van der Waals surface area contributed by atoms with Crippen molar-refractivity contribution in [3.63, 3.8) is 0 Å². The molecule has 0 spiro atoms. The van der Waals surface area contributed by atoms with Crippen LogP contribution < -0.4 is 0 Å². The smallest absolute Gasteiger partial charge is 0.410 e. The van der Waals surface area contributed by atoms with Crippen LogP contribution in [0.4, 0.5) is 4.79 Å². The Morgan fingerprint density at radius 1 is 1.03 bits per heavy atom. The van der Waals surface area contributed by atoms with E-state index in [1.54, 1.807) is 6.08 Å². The fraction of sp³-hybridized carbons (Fsp3) is 0.667. The van der Waals surface area contributed by atoms with Crippen molar-refractivity contribution in [3.8, 4) is 0 Å². The van der Waals surface area contributed by atoms with E-state index in [1.165, 1.54) is 19.3 Å². The molecule has 1 amide bonds. The Labute approximate surface area is 216 Å². The molecule has 2 aliphatic carbocycles. The summed E-state index contributed by atoms with van der Waals surface area (Å²) in [4.78, 5) is 29.4. The Bertz CT molecular complexity index is 846. The lowest BCUT2D eigenvalue weighted by Crippen LogP contribution is -2.48. The first-order valence-electron chi connectivity index (χ1n) is 14.1. The van der Waals surface area contributed by atoms with Gasteiger partial charge >= 0.3 is 12.1 Å². The van der Waals surface area contributed by atoms with Gasteiger partial charge in [0.15, 0.2) is 0 Å². The van der Waals surface area contributed by atoms with Crippen molar-refractivity contribution < 1.29 is 19.4 Å². The zero-order valence-corrected chi connectivity index (χ0v) is 21.7. The molecule has 2 saturated carbocycles. The normalized spacial score (nSPS) is 24.8. The molecule has 1 saturated heterocycles. The molecule has 1 aromatic rings. The van der Waals surface area contributed by atoms with Crippen LogP contribution in [-0.2, 0) is 16.1 Å². The first kappa shape index (κ1) is 26.7. The van der Waals surface area contributed by atoms with Gasteiger partial charge in [0.1, 0.15) is 6.61 Å². The first-order chi connectivity index (χ1) is 17.5. The number of rotatable bonds is 10. The molecule has 1 heterocycles. The van der Waals surface area contributed by atoms with Gasteiger partial charge in [-0.1, -0.05) is 55.7 Å². The van der Waals surface area contributed by atoms with Crippen molar-refractivity contribution in [1.29, 1.82) is 0 Å². The number of carboxylic acids is 1. The van der Waals surface area contributed by atoms with E-state index in [0.29, 0.717) is 24.3 Å². The maximum atomic E-state index is 12.8. The molecule has 0 radical (unpaired) electrons. The summed E-state index contributed by atoms with van der Waals surface area (Å²) in [6, 6.07) is 9.95. The highest BCUT2D eigenvalue weighted by Gasteiger charge is 2.40. The van der Waals surface area contributed by atoms with E-state index >= 15 is 0 Å². The predicted octanol–water partition coefficient (Wildman–Crippen LogP) is 5.97. The van der Waals surface area contributed by atoms with Crippen molar-refractivity contribution in [3.05, 3.63) is 48.6 Å². The third-order valence-corrected chi connectivity index (χ3v) is 8.81. The summed E-state index contributed by atoms with van der Waals surface area (Å²) in [5.74, 6) is 0.617. The summed E-state index contributed by atoms with van der Waals surface area (Å²) in [6.07, 6.45) is 12.5. The van der Waals surface area contributed by atoms with Crippen molar-refractivity contribution >= 4 is 12.1 Å². The molecular weight excluding hydrogens is 452 g/mol. The maximum Gasteiger partial charge on any atom is 0.410 e. The SMILES string of the molecule is C=CCN(C(=O)OCc1ccccc1)C1CCN(CC2CCC(C(C(=O)O)C3CCCCC3)C2)CC1. The van der Waals surface area contributed by atoms with Gasteiger partial charge < -0.3 is 19.6 Å². The minimum atomic E-state index is -0.560. The molecule has 6 nitrogen and oxygen atoms in total. The highest BCUT2D eigenvalue weighted by Crippen LogP contribution is 2.43. The van der Waals surface area contributed by atoms with E-state index in [9.17, 15) is 14.7 Å². The Kier molecular flexibility index (Phi) is 9.85. The second-order valence-electron chi connectivity index (χ2n) is 11.2. The van der Waals surface area contributed by atoms with Crippen LogP contribution in [0.5, 0.6) is 0 Å². The van der Waals surface area contributed by atoms with Gasteiger partial charge in [-0.3, -0.25) is 4.79 Å². The number of carbonyl (C=O) groups is 2. The zero-order valence-electron chi connectivity index (χ0n) is 21.7. The van der Waals surface area contributed by atoms with Crippen molar-refractivity contribution in [2.45, 2.75) is 76.9 Å². The minimum absolute atomic E-state index is 0.143. The summed E-state index contributed by atoms with van der Waals surface area (Å²) >= 11 is 0. The van der Waals surface area contributed by atoms with Crippen LogP contribution in [0.25, 0.3) is 0 Å². The van der Waals surface area contributed by atoms with Gasteiger partial charge in [-0.05, 0) is 68.3 Å². The fourth-order valence-corrected chi connectivity index (χ4v) is 6.98. The number of amides is 1. The maximum absolute atomic E-state index is 12.8. The van der Waals surface area contributed by atoms with Crippen LogP contribution in [0.3, 0.4) is 0 Å². The Morgan fingerprint density at radius 3 is 2.42 bits per heavy atom. The number of aliphatic carboxylic acids is 1. The van der Waals surface area contributed by atoms with E-state index in [-0.39, 0.29) is 24.7 Å². The second kappa shape index (κ2) is 13.3. The molecule has 1 aromatic carbocycles. The molecular formula is C30H44N2O4. The summed E-state index contributed by atoms with van der Waals surface area (Å²) in [7, 11) is 0. The van der Waals surface area contributed by atoms with E-state index in [0.717, 1.165) is 70.1 Å². The summed E-state index contributed by atoms with van der Waals surface area (Å²) in [5, 5.41) is 10.0. The van der Waals surface area contributed by atoms with Crippen molar-refractivity contribution in [2.24, 2.45) is 23.7 Å². The minimum Gasteiger partial charge on any atom is -0.481 e. The third kappa shape index (κ3) is 7.12.